The lowest BCUT2D eigenvalue weighted by Crippen LogP contribution is -2.08. The van der Waals surface area contributed by atoms with Gasteiger partial charge in [-0.05, 0) is 30.7 Å². The molecule has 3 rings (SSSR count). The van der Waals surface area contributed by atoms with Crippen LogP contribution in [0, 0.1) is 6.92 Å². The van der Waals surface area contributed by atoms with Gasteiger partial charge in [0.15, 0.2) is 11.5 Å². The standard InChI is InChI=1S/C19H16O6/c1-11-6-7-13-12(9-17(20)25-16(13)8-11)10-24-19(22)14-4-3-5-15(23-2)18(14)21/h3-9,21H,10H2,1-2H3. The third-order valence-corrected chi connectivity index (χ3v) is 3.78. The maximum absolute atomic E-state index is 12.2. The molecule has 0 aliphatic heterocycles. The first kappa shape index (κ1) is 16.6. The zero-order chi connectivity index (χ0) is 18.0. The van der Waals surface area contributed by atoms with Crippen molar-refractivity contribution in [3.05, 3.63) is 69.6 Å². The molecule has 0 saturated heterocycles. The van der Waals surface area contributed by atoms with Crippen LogP contribution in [-0.4, -0.2) is 18.2 Å². The summed E-state index contributed by atoms with van der Waals surface area (Å²) in [6.45, 7) is 1.76. The summed E-state index contributed by atoms with van der Waals surface area (Å²) >= 11 is 0. The minimum atomic E-state index is -0.718. The van der Waals surface area contributed by atoms with E-state index in [4.69, 9.17) is 13.9 Å². The molecule has 6 nitrogen and oxygen atoms in total. The first-order chi connectivity index (χ1) is 12.0. The minimum Gasteiger partial charge on any atom is -0.504 e. The van der Waals surface area contributed by atoms with Crippen LogP contribution in [0.5, 0.6) is 11.5 Å². The summed E-state index contributed by atoms with van der Waals surface area (Å²) in [5.41, 5.74) is 1.38. The van der Waals surface area contributed by atoms with Crippen LogP contribution in [0.25, 0.3) is 11.0 Å². The molecule has 0 aliphatic rings. The number of hydrogen-bond acceptors (Lipinski definition) is 6. The van der Waals surface area contributed by atoms with Gasteiger partial charge in [-0.3, -0.25) is 0 Å². The lowest BCUT2D eigenvalue weighted by Gasteiger charge is -2.10. The second-order valence-corrected chi connectivity index (χ2v) is 5.52. The molecule has 0 radical (unpaired) electrons. The van der Waals surface area contributed by atoms with Gasteiger partial charge in [0, 0.05) is 17.0 Å². The maximum atomic E-state index is 12.2. The first-order valence-corrected chi connectivity index (χ1v) is 7.56. The van der Waals surface area contributed by atoms with Crippen LogP contribution in [0.4, 0.5) is 0 Å². The second kappa shape index (κ2) is 6.68. The van der Waals surface area contributed by atoms with Gasteiger partial charge >= 0.3 is 11.6 Å². The molecule has 1 aromatic heterocycles. The fourth-order valence-corrected chi connectivity index (χ4v) is 2.53. The van der Waals surface area contributed by atoms with Crippen LogP contribution in [0.1, 0.15) is 21.5 Å². The fourth-order valence-electron chi connectivity index (χ4n) is 2.53. The van der Waals surface area contributed by atoms with Crippen molar-refractivity contribution < 1.29 is 23.8 Å². The number of benzene rings is 2. The number of methoxy groups -OCH3 is 1. The molecule has 0 amide bonds. The number of carbonyl (C=O) groups is 1. The molecule has 128 valence electrons. The molecule has 3 aromatic rings. The number of esters is 1. The molecule has 6 heteroatoms. The van der Waals surface area contributed by atoms with E-state index in [-0.39, 0.29) is 23.7 Å². The third-order valence-electron chi connectivity index (χ3n) is 3.78. The van der Waals surface area contributed by atoms with E-state index in [1.54, 1.807) is 18.2 Å². The highest BCUT2D eigenvalue weighted by Crippen LogP contribution is 2.30. The summed E-state index contributed by atoms with van der Waals surface area (Å²) in [6, 6.07) is 11.3. The summed E-state index contributed by atoms with van der Waals surface area (Å²) in [6.07, 6.45) is 0. The van der Waals surface area contributed by atoms with E-state index in [1.165, 1.54) is 25.3 Å². The van der Waals surface area contributed by atoms with Gasteiger partial charge in [-0.25, -0.2) is 9.59 Å². The van der Waals surface area contributed by atoms with E-state index in [0.29, 0.717) is 16.5 Å². The smallest absolute Gasteiger partial charge is 0.342 e. The number of hydrogen-bond donors (Lipinski definition) is 1. The highest BCUT2D eigenvalue weighted by Gasteiger charge is 2.17. The molecule has 0 bridgehead atoms. The molecule has 0 unspecified atom stereocenters. The monoisotopic (exact) mass is 340 g/mol. The Morgan fingerprint density at radius 1 is 1.20 bits per heavy atom. The average Bonchev–Trinajstić information content (AvgIpc) is 2.59. The van der Waals surface area contributed by atoms with E-state index < -0.39 is 11.6 Å². The molecule has 0 fully saturated rings. The van der Waals surface area contributed by atoms with Crippen molar-refractivity contribution in [3.8, 4) is 11.5 Å². The topological polar surface area (TPSA) is 86.0 Å². The number of phenolic OH excluding ortho intramolecular Hbond substituents is 1. The largest absolute Gasteiger partial charge is 0.504 e. The van der Waals surface area contributed by atoms with E-state index in [9.17, 15) is 14.7 Å². The summed E-state index contributed by atoms with van der Waals surface area (Å²) in [4.78, 5) is 23.9. The molecule has 0 atom stereocenters. The Morgan fingerprint density at radius 2 is 2.00 bits per heavy atom. The van der Waals surface area contributed by atoms with Crippen molar-refractivity contribution in [3.63, 3.8) is 0 Å². The van der Waals surface area contributed by atoms with Gasteiger partial charge in [0.25, 0.3) is 0 Å². The van der Waals surface area contributed by atoms with Gasteiger partial charge in [-0.15, -0.1) is 0 Å². The summed E-state index contributed by atoms with van der Waals surface area (Å²) < 4.78 is 15.4. The molecule has 1 N–H and O–H groups in total. The lowest BCUT2D eigenvalue weighted by molar-refractivity contribution is 0.0470. The predicted molar refractivity (Wildman–Crippen MR) is 91.0 cm³/mol. The Hall–Kier alpha value is -3.28. The van der Waals surface area contributed by atoms with Crippen LogP contribution in [0.2, 0.25) is 0 Å². The van der Waals surface area contributed by atoms with Crippen LogP contribution < -0.4 is 10.4 Å². The highest BCUT2D eigenvalue weighted by molar-refractivity contribution is 5.93. The predicted octanol–water partition coefficient (Wildman–Crippen LogP) is 3.17. The number of rotatable bonds is 4. The lowest BCUT2D eigenvalue weighted by atomic mass is 10.1. The summed E-state index contributed by atoms with van der Waals surface area (Å²) in [5, 5.41) is 10.7. The van der Waals surface area contributed by atoms with Gasteiger partial charge in [0.1, 0.15) is 17.8 Å². The molecule has 0 spiro atoms. The van der Waals surface area contributed by atoms with Gasteiger partial charge < -0.3 is 19.0 Å². The highest BCUT2D eigenvalue weighted by atomic mass is 16.5. The summed E-state index contributed by atoms with van der Waals surface area (Å²) in [5.74, 6) is -0.830. The van der Waals surface area contributed by atoms with Gasteiger partial charge in [0.2, 0.25) is 0 Å². The van der Waals surface area contributed by atoms with E-state index in [1.807, 2.05) is 13.0 Å². The van der Waals surface area contributed by atoms with Crippen molar-refractivity contribution in [2.75, 3.05) is 7.11 Å². The Labute approximate surface area is 143 Å². The minimum absolute atomic E-state index is 0.0116. The number of aromatic hydroxyl groups is 1. The third kappa shape index (κ3) is 3.33. The fraction of sp³-hybridized carbons (Fsp3) is 0.158. The molecule has 2 aromatic carbocycles. The van der Waals surface area contributed by atoms with Crippen molar-refractivity contribution >= 4 is 16.9 Å². The van der Waals surface area contributed by atoms with E-state index >= 15 is 0 Å². The molecular weight excluding hydrogens is 324 g/mol. The normalized spacial score (nSPS) is 10.6. The second-order valence-electron chi connectivity index (χ2n) is 5.52. The van der Waals surface area contributed by atoms with Crippen LogP contribution in [-0.2, 0) is 11.3 Å². The van der Waals surface area contributed by atoms with Gasteiger partial charge in [-0.1, -0.05) is 18.2 Å². The number of ether oxygens (including phenoxy) is 2. The van der Waals surface area contributed by atoms with Crippen LogP contribution in [0.15, 0.2) is 51.7 Å². The number of fused-ring (bicyclic) bond motifs is 1. The van der Waals surface area contributed by atoms with Gasteiger partial charge in [0.05, 0.1) is 7.11 Å². The van der Waals surface area contributed by atoms with E-state index in [0.717, 1.165) is 5.56 Å². The van der Waals surface area contributed by atoms with Crippen LogP contribution in [0.3, 0.4) is 0 Å². The van der Waals surface area contributed by atoms with Crippen molar-refractivity contribution in [1.82, 2.24) is 0 Å². The SMILES string of the molecule is COc1cccc(C(=O)OCc2cc(=O)oc3cc(C)ccc23)c1O. The van der Waals surface area contributed by atoms with Crippen molar-refractivity contribution in [2.24, 2.45) is 0 Å². The zero-order valence-corrected chi connectivity index (χ0v) is 13.7. The quantitative estimate of drug-likeness (QED) is 0.580. The molecular formula is C19H16O6. The molecule has 25 heavy (non-hydrogen) atoms. The molecule has 0 aliphatic carbocycles. The number of aryl methyl sites for hydroxylation is 1. The number of phenols is 1. The van der Waals surface area contributed by atoms with Crippen molar-refractivity contribution in [1.29, 1.82) is 0 Å². The number of para-hydroxylation sites is 1. The Balaban J connectivity index is 1.88. The first-order valence-electron chi connectivity index (χ1n) is 7.56. The van der Waals surface area contributed by atoms with Gasteiger partial charge in [-0.2, -0.15) is 0 Å². The van der Waals surface area contributed by atoms with Crippen molar-refractivity contribution in [2.45, 2.75) is 13.5 Å². The molecule has 1 heterocycles. The number of carbonyl (C=O) groups excluding carboxylic acids is 1. The Kier molecular flexibility index (Phi) is 4.43. The zero-order valence-electron chi connectivity index (χ0n) is 13.7. The Bertz CT molecular complexity index is 1000. The van der Waals surface area contributed by atoms with Crippen LogP contribution >= 0.6 is 0 Å². The maximum Gasteiger partial charge on any atom is 0.342 e. The average molecular weight is 340 g/mol. The summed E-state index contributed by atoms with van der Waals surface area (Å²) in [7, 11) is 1.39. The Morgan fingerprint density at radius 3 is 2.76 bits per heavy atom. The van der Waals surface area contributed by atoms with E-state index in [2.05, 4.69) is 0 Å². The molecule has 0 saturated carbocycles.